The zero-order chi connectivity index (χ0) is 11.4. The highest BCUT2D eigenvalue weighted by Gasteiger charge is 2.25. The van der Waals surface area contributed by atoms with Crippen LogP contribution in [0, 0.1) is 11.8 Å². The summed E-state index contributed by atoms with van der Waals surface area (Å²) < 4.78 is 0. The minimum atomic E-state index is 0.265. The molecule has 1 amide bonds. The molecule has 0 aromatic rings. The number of carbonyl (C=O) groups is 1. The average Bonchev–Trinajstić information content (AvgIpc) is 3.09. The summed E-state index contributed by atoms with van der Waals surface area (Å²) in [6, 6.07) is 0. The Labute approximate surface area is 98.6 Å². The number of amides is 1. The third-order valence-corrected chi connectivity index (χ3v) is 3.89. The summed E-state index contributed by atoms with van der Waals surface area (Å²) in [5, 5.41) is 3.39. The van der Waals surface area contributed by atoms with Crippen molar-refractivity contribution in [2.45, 2.75) is 39.0 Å². The van der Waals surface area contributed by atoms with Crippen LogP contribution in [0.15, 0.2) is 0 Å². The molecule has 0 bridgehead atoms. The molecule has 2 aliphatic rings. The van der Waals surface area contributed by atoms with Gasteiger partial charge in [0.05, 0.1) is 0 Å². The van der Waals surface area contributed by atoms with E-state index >= 15 is 0 Å². The van der Waals surface area contributed by atoms with Crippen LogP contribution in [-0.4, -0.2) is 37.0 Å². The predicted molar refractivity (Wildman–Crippen MR) is 65.2 cm³/mol. The van der Waals surface area contributed by atoms with E-state index in [4.69, 9.17) is 0 Å². The van der Waals surface area contributed by atoms with Crippen molar-refractivity contribution >= 4 is 5.91 Å². The third-order valence-electron chi connectivity index (χ3n) is 3.89. The minimum absolute atomic E-state index is 0.265. The second kappa shape index (κ2) is 5.67. The van der Waals surface area contributed by atoms with Crippen molar-refractivity contribution in [3.63, 3.8) is 0 Å². The number of hydrogen-bond donors (Lipinski definition) is 1. The van der Waals surface area contributed by atoms with Gasteiger partial charge in [0.15, 0.2) is 0 Å². The smallest absolute Gasteiger partial charge is 0.219 e. The first-order valence-corrected chi connectivity index (χ1v) is 6.72. The van der Waals surface area contributed by atoms with E-state index in [9.17, 15) is 4.79 Å². The van der Waals surface area contributed by atoms with Crippen LogP contribution in [0.4, 0.5) is 0 Å². The van der Waals surface area contributed by atoms with Crippen LogP contribution >= 0.6 is 0 Å². The number of carbonyl (C=O) groups excluding carboxylic acids is 1. The quantitative estimate of drug-likeness (QED) is 0.770. The standard InChI is InChI=1S/C13H24N2O/c1-11(16)15(10-13-2-3-13)9-6-12-4-7-14-8-5-12/h12-14H,2-10H2,1H3. The van der Waals surface area contributed by atoms with Gasteiger partial charge in [-0.05, 0) is 57.0 Å². The first kappa shape index (κ1) is 11.9. The molecule has 0 aromatic carbocycles. The Kier molecular flexibility index (Phi) is 4.22. The molecule has 16 heavy (non-hydrogen) atoms. The lowest BCUT2D eigenvalue weighted by atomic mass is 9.94. The number of piperidine rings is 1. The topological polar surface area (TPSA) is 32.3 Å². The van der Waals surface area contributed by atoms with Crippen molar-refractivity contribution < 1.29 is 4.79 Å². The van der Waals surface area contributed by atoms with Crippen LogP contribution in [0.2, 0.25) is 0 Å². The SMILES string of the molecule is CC(=O)N(CCC1CCNCC1)CC1CC1. The summed E-state index contributed by atoms with van der Waals surface area (Å²) in [6.45, 7) is 6.03. The van der Waals surface area contributed by atoms with Crippen molar-refractivity contribution in [3.05, 3.63) is 0 Å². The van der Waals surface area contributed by atoms with Gasteiger partial charge in [0.1, 0.15) is 0 Å². The first-order valence-electron chi connectivity index (χ1n) is 6.72. The molecule has 1 aliphatic heterocycles. The molecule has 1 aliphatic carbocycles. The monoisotopic (exact) mass is 224 g/mol. The van der Waals surface area contributed by atoms with E-state index in [1.54, 1.807) is 6.92 Å². The zero-order valence-electron chi connectivity index (χ0n) is 10.4. The maximum atomic E-state index is 11.5. The summed E-state index contributed by atoms with van der Waals surface area (Å²) in [5.41, 5.74) is 0. The maximum absolute atomic E-state index is 11.5. The second-order valence-corrected chi connectivity index (χ2v) is 5.39. The Balaban J connectivity index is 1.69. The lowest BCUT2D eigenvalue weighted by Crippen LogP contribution is -2.34. The van der Waals surface area contributed by atoms with E-state index in [1.165, 1.54) is 32.1 Å². The number of rotatable bonds is 5. The van der Waals surface area contributed by atoms with Gasteiger partial charge in [0.25, 0.3) is 0 Å². The molecule has 0 radical (unpaired) electrons. The van der Waals surface area contributed by atoms with E-state index in [-0.39, 0.29) is 5.91 Å². The van der Waals surface area contributed by atoms with Gasteiger partial charge >= 0.3 is 0 Å². The highest BCUT2D eigenvalue weighted by atomic mass is 16.2. The molecule has 92 valence electrons. The van der Waals surface area contributed by atoms with Gasteiger partial charge in [0, 0.05) is 20.0 Å². The van der Waals surface area contributed by atoms with Crippen LogP contribution in [-0.2, 0) is 4.79 Å². The predicted octanol–water partition coefficient (Wildman–Crippen LogP) is 1.63. The van der Waals surface area contributed by atoms with Gasteiger partial charge < -0.3 is 10.2 Å². The summed E-state index contributed by atoms with van der Waals surface area (Å²) >= 11 is 0. The molecule has 3 heteroatoms. The zero-order valence-corrected chi connectivity index (χ0v) is 10.4. The van der Waals surface area contributed by atoms with Gasteiger partial charge in [-0.3, -0.25) is 4.79 Å². The molecular formula is C13H24N2O. The Morgan fingerprint density at radius 3 is 2.44 bits per heavy atom. The Morgan fingerprint density at radius 2 is 1.88 bits per heavy atom. The fourth-order valence-electron chi connectivity index (χ4n) is 2.50. The van der Waals surface area contributed by atoms with Crippen molar-refractivity contribution in [2.24, 2.45) is 11.8 Å². The summed E-state index contributed by atoms with van der Waals surface area (Å²) in [6.07, 6.45) is 6.44. The molecule has 1 saturated heterocycles. The molecule has 1 saturated carbocycles. The average molecular weight is 224 g/mol. The number of nitrogens with one attached hydrogen (secondary N) is 1. The normalized spacial score (nSPS) is 22.1. The molecule has 1 N–H and O–H groups in total. The molecule has 0 spiro atoms. The first-order chi connectivity index (χ1) is 7.75. The van der Waals surface area contributed by atoms with Gasteiger partial charge in [-0.2, -0.15) is 0 Å². The Bertz CT molecular complexity index is 232. The Morgan fingerprint density at radius 1 is 1.19 bits per heavy atom. The van der Waals surface area contributed by atoms with Crippen molar-refractivity contribution in [1.29, 1.82) is 0 Å². The Hall–Kier alpha value is -0.570. The van der Waals surface area contributed by atoms with E-state index in [0.717, 1.165) is 38.0 Å². The molecular weight excluding hydrogens is 200 g/mol. The van der Waals surface area contributed by atoms with Crippen LogP contribution < -0.4 is 5.32 Å². The van der Waals surface area contributed by atoms with E-state index in [2.05, 4.69) is 10.2 Å². The molecule has 0 unspecified atom stereocenters. The van der Waals surface area contributed by atoms with Crippen LogP contribution in [0.1, 0.15) is 39.0 Å². The van der Waals surface area contributed by atoms with Gasteiger partial charge in [-0.15, -0.1) is 0 Å². The minimum Gasteiger partial charge on any atom is -0.343 e. The molecule has 2 rings (SSSR count). The van der Waals surface area contributed by atoms with Gasteiger partial charge in [-0.25, -0.2) is 0 Å². The van der Waals surface area contributed by atoms with Crippen molar-refractivity contribution in [1.82, 2.24) is 10.2 Å². The largest absolute Gasteiger partial charge is 0.343 e. The van der Waals surface area contributed by atoms with E-state index in [0.29, 0.717) is 0 Å². The fourth-order valence-corrected chi connectivity index (χ4v) is 2.50. The summed E-state index contributed by atoms with van der Waals surface area (Å²) in [7, 11) is 0. The highest BCUT2D eigenvalue weighted by Crippen LogP contribution is 2.30. The molecule has 0 atom stereocenters. The number of hydrogen-bond acceptors (Lipinski definition) is 2. The maximum Gasteiger partial charge on any atom is 0.219 e. The van der Waals surface area contributed by atoms with Crippen LogP contribution in [0.5, 0.6) is 0 Å². The summed E-state index contributed by atoms with van der Waals surface area (Å²) in [5.74, 6) is 1.92. The second-order valence-electron chi connectivity index (χ2n) is 5.39. The third kappa shape index (κ3) is 3.78. The molecule has 2 fully saturated rings. The van der Waals surface area contributed by atoms with E-state index < -0.39 is 0 Å². The van der Waals surface area contributed by atoms with E-state index in [1.807, 2.05) is 0 Å². The van der Waals surface area contributed by atoms with Crippen LogP contribution in [0.3, 0.4) is 0 Å². The van der Waals surface area contributed by atoms with Gasteiger partial charge in [-0.1, -0.05) is 0 Å². The molecule has 0 aromatic heterocycles. The molecule has 1 heterocycles. The van der Waals surface area contributed by atoms with Crippen molar-refractivity contribution in [2.75, 3.05) is 26.2 Å². The highest BCUT2D eigenvalue weighted by molar-refractivity contribution is 5.73. The number of nitrogens with zero attached hydrogens (tertiary/aromatic N) is 1. The van der Waals surface area contributed by atoms with Crippen molar-refractivity contribution in [3.8, 4) is 0 Å². The summed E-state index contributed by atoms with van der Waals surface area (Å²) in [4.78, 5) is 13.6. The fraction of sp³-hybridized carbons (Fsp3) is 0.923. The lowest BCUT2D eigenvalue weighted by molar-refractivity contribution is -0.129. The van der Waals surface area contributed by atoms with Crippen LogP contribution in [0.25, 0.3) is 0 Å². The molecule has 3 nitrogen and oxygen atoms in total. The van der Waals surface area contributed by atoms with Gasteiger partial charge in [0.2, 0.25) is 5.91 Å². The lowest BCUT2D eigenvalue weighted by Gasteiger charge is -2.27.